The van der Waals surface area contributed by atoms with Crippen molar-refractivity contribution in [1.29, 1.82) is 0 Å². The number of hydrogen-bond donors (Lipinski definition) is 4. The molecule has 1 saturated heterocycles. The molecule has 208 valence electrons. The molecule has 0 aromatic heterocycles. The lowest BCUT2D eigenvalue weighted by molar-refractivity contribution is -0.209. The number of rotatable bonds is 9. The third-order valence-electron chi connectivity index (χ3n) is 7.25. The van der Waals surface area contributed by atoms with Crippen LogP contribution in [-0.4, -0.2) is 78.0 Å². The second-order valence-corrected chi connectivity index (χ2v) is 9.48. The molecule has 4 N–H and O–H groups in total. The molecule has 2 aromatic carbocycles. The first-order valence-electron chi connectivity index (χ1n) is 12.4. The number of phenols is 2. The van der Waals surface area contributed by atoms with Crippen LogP contribution in [0.4, 0.5) is 0 Å². The van der Waals surface area contributed by atoms with Crippen LogP contribution in [0.3, 0.4) is 0 Å². The zero-order valence-corrected chi connectivity index (χ0v) is 21.5. The summed E-state index contributed by atoms with van der Waals surface area (Å²) in [7, 11) is 1.30. The van der Waals surface area contributed by atoms with E-state index in [-0.39, 0.29) is 50.1 Å². The van der Waals surface area contributed by atoms with Gasteiger partial charge >= 0.3 is 0 Å². The first-order valence-corrected chi connectivity index (χ1v) is 12.4. The van der Waals surface area contributed by atoms with Gasteiger partial charge in [0.05, 0.1) is 25.8 Å². The van der Waals surface area contributed by atoms with E-state index < -0.39 is 30.3 Å². The number of ether oxygens (including phenoxy) is 5. The summed E-state index contributed by atoms with van der Waals surface area (Å²) in [5, 5.41) is 33.8. The molecule has 2 bridgehead atoms. The summed E-state index contributed by atoms with van der Waals surface area (Å²) in [6, 6.07) is 0.145. The summed E-state index contributed by atoms with van der Waals surface area (Å²) in [4.78, 5) is 27.1. The van der Waals surface area contributed by atoms with Crippen molar-refractivity contribution < 1.29 is 48.6 Å². The van der Waals surface area contributed by atoms with Crippen molar-refractivity contribution in [3.05, 3.63) is 47.0 Å². The van der Waals surface area contributed by atoms with Gasteiger partial charge in [-0.15, -0.1) is 0 Å². The Morgan fingerprint density at radius 2 is 1.97 bits per heavy atom. The smallest absolute Gasteiger partial charge is 0.246 e. The summed E-state index contributed by atoms with van der Waals surface area (Å²) in [6.07, 6.45) is 0.883. The summed E-state index contributed by atoms with van der Waals surface area (Å²) in [6.45, 7) is 5.79. The Bertz CT molecular complexity index is 1290. The van der Waals surface area contributed by atoms with E-state index in [0.29, 0.717) is 34.8 Å². The standard InChI is InChI=1S/C27H30N2O10/c1-4-5-36-22-13(2)23-25(39-12-38-23)21-15(22)9-17-27(34)37-10-18(21)29(17)26(33)16(28-11-30)6-14-7-19(31)24(35-3)20(32)8-14/h4,7-8,11,16-18,27,31-32,34H,1,5-6,9-10,12H2,2-3H3,(H,28,30)/t16-,17-,18+,27?/m0/s1. The predicted octanol–water partition coefficient (Wildman–Crippen LogP) is 1.21. The topological polar surface area (TPSA) is 156 Å². The quantitative estimate of drug-likeness (QED) is 0.268. The SMILES string of the molecule is C=CCOc1c(C)c2c(c3c1C[C@H]1C(O)OC[C@H]3N1C(=O)[C@H](Cc1cc(O)c(OC)c(O)c1)NC=O)OCO2. The Morgan fingerprint density at radius 3 is 2.64 bits per heavy atom. The molecule has 3 aliphatic heterocycles. The highest BCUT2D eigenvalue weighted by Crippen LogP contribution is 2.54. The molecule has 3 heterocycles. The van der Waals surface area contributed by atoms with Crippen LogP contribution < -0.4 is 24.3 Å². The third-order valence-corrected chi connectivity index (χ3v) is 7.25. The van der Waals surface area contributed by atoms with Gasteiger partial charge in [0.1, 0.15) is 18.4 Å². The van der Waals surface area contributed by atoms with Gasteiger partial charge in [0.2, 0.25) is 24.9 Å². The fraction of sp³-hybridized carbons (Fsp3) is 0.407. The van der Waals surface area contributed by atoms with Gasteiger partial charge in [0.15, 0.2) is 29.3 Å². The Hall–Kier alpha value is -4.16. The van der Waals surface area contributed by atoms with Gasteiger partial charge in [0, 0.05) is 29.5 Å². The van der Waals surface area contributed by atoms with Crippen LogP contribution in [0.15, 0.2) is 24.8 Å². The third kappa shape index (κ3) is 4.45. The lowest BCUT2D eigenvalue weighted by Gasteiger charge is -2.49. The Balaban J connectivity index is 1.55. The Morgan fingerprint density at radius 1 is 1.26 bits per heavy atom. The van der Waals surface area contributed by atoms with Crippen molar-refractivity contribution in [3.8, 4) is 34.5 Å². The molecule has 2 amide bonds. The number of benzene rings is 2. The normalized spacial score (nSPS) is 21.5. The van der Waals surface area contributed by atoms with Crippen LogP contribution in [0.2, 0.25) is 0 Å². The van der Waals surface area contributed by atoms with E-state index in [1.54, 1.807) is 6.08 Å². The molecule has 2 aromatic rings. The fourth-order valence-electron chi connectivity index (χ4n) is 5.63. The number of aliphatic hydroxyl groups is 1. The molecule has 0 aliphatic carbocycles. The molecule has 39 heavy (non-hydrogen) atoms. The number of carbonyl (C=O) groups is 2. The molecule has 0 saturated carbocycles. The number of aliphatic hydroxyl groups excluding tert-OH is 1. The van der Waals surface area contributed by atoms with Crippen LogP contribution in [0.5, 0.6) is 34.5 Å². The molecule has 3 aliphatic rings. The number of amides is 2. The van der Waals surface area contributed by atoms with Crippen molar-refractivity contribution in [2.45, 2.75) is 44.2 Å². The summed E-state index contributed by atoms with van der Waals surface area (Å²) >= 11 is 0. The van der Waals surface area contributed by atoms with Gasteiger partial charge in [-0.05, 0) is 24.6 Å². The van der Waals surface area contributed by atoms with Crippen LogP contribution in [0.1, 0.15) is 28.3 Å². The molecule has 1 fully saturated rings. The van der Waals surface area contributed by atoms with Gasteiger partial charge in [-0.1, -0.05) is 12.7 Å². The Labute approximate surface area is 224 Å². The van der Waals surface area contributed by atoms with Crippen LogP contribution >= 0.6 is 0 Å². The lowest BCUT2D eigenvalue weighted by Crippen LogP contribution is -2.62. The Kier molecular flexibility index (Phi) is 7.15. The molecule has 0 spiro atoms. The number of nitrogens with zero attached hydrogens (tertiary/aromatic N) is 1. The first-order chi connectivity index (χ1) is 18.8. The van der Waals surface area contributed by atoms with E-state index in [4.69, 9.17) is 23.7 Å². The van der Waals surface area contributed by atoms with E-state index in [1.165, 1.54) is 24.1 Å². The number of hydrogen-bond acceptors (Lipinski definition) is 10. The van der Waals surface area contributed by atoms with Crippen molar-refractivity contribution >= 4 is 12.3 Å². The second kappa shape index (κ2) is 10.5. The van der Waals surface area contributed by atoms with Crippen molar-refractivity contribution in [1.82, 2.24) is 10.2 Å². The van der Waals surface area contributed by atoms with Crippen molar-refractivity contribution in [2.24, 2.45) is 0 Å². The molecule has 12 heteroatoms. The maximum Gasteiger partial charge on any atom is 0.246 e. The van der Waals surface area contributed by atoms with E-state index in [9.17, 15) is 24.9 Å². The predicted molar refractivity (Wildman–Crippen MR) is 135 cm³/mol. The van der Waals surface area contributed by atoms with E-state index >= 15 is 0 Å². The van der Waals surface area contributed by atoms with Gasteiger partial charge in [0.25, 0.3) is 0 Å². The zero-order valence-electron chi connectivity index (χ0n) is 21.5. The van der Waals surface area contributed by atoms with Crippen molar-refractivity contribution in [3.63, 3.8) is 0 Å². The molecular weight excluding hydrogens is 512 g/mol. The maximum absolute atomic E-state index is 14.1. The van der Waals surface area contributed by atoms with Crippen LogP contribution in [0, 0.1) is 6.92 Å². The zero-order chi connectivity index (χ0) is 27.8. The number of morpholine rings is 1. The summed E-state index contributed by atoms with van der Waals surface area (Å²) in [5.74, 6) is 0.364. The minimum atomic E-state index is -1.29. The van der Waals surface area contributed by atoms with Gasteiger partial charge < -0.3 is 49.2 Å². The molecule has 0 radical (unpaired) electrons. The number of fused-ring (bicyclic) bond motifs is 6. The largest absolute Gasteiger partial charge is 0.504 e. The minimum absolute atomic E-state index is 0.000873. The highest BCUT2D eigenvalue weighted by atomic mass is 16.7. The van der Waals surface area contributed by atoms with Crippen LogP contribution in [-0.2, 0) is 27.2 Å². The average molecular weight is 543 g/mol. The van der Waals surface area contributed by atoms with E-state index in [1.807, 2.05) is 6.92 Å². The average Bonchev–Trinajstić information content (AvgIpc) is 3.40. The minimum Gasteiger partial charge on any atom is -0.504 e. The molecule has 12 nitrogen and oxygen atoms in total. The van der Waals surface area contributed by atoms with E-state index in [0.717, 1.165) is 11.1 Å². The maximum atomic E-state index is 14.1. The highest BCUT2D eigenvalue weighted by molar-refractivity contribution is 5.86. The number of nitrogens with one attached hydrogen (secondary N) is 1. The van der Waals surface area contributed by atoms with Gasteiger partial charge in [-0.3, -0.25) is 9.59 Å². The molecule has 4 atom stereocenters. The number of carbonyl (C=O) groups excluding carboxylic acids is 2. The summed E-state index contributed by atoms with van der Waals surface area (Å²) < 4.78 is 28.2. The fourth-order valence-corrected chi connectivity index (χ4v) is 5.63. The molecule has 1 unspecified atom stereocenters. The monoisotopic (exact) mass is 542 g/mol. The highest BCUT2D eigenvalue weighted by Gasteiger charge is 2.50. The molecule has 5 rings (SSSR count). The van der Waals surface area contributed by atoms with Gasteiger partial charge in [-0.2, -0.15) is 0 Å². The van der Waals surface area contributed by atoms with Crippen molar-refractivity contribution in [2.75, 3.05) is 27.1 Å². The number of methoxy groups -OCH3 is 1. The van der Waals surface area contributed by atoms with Gasteiger partial charge in [-0.25, -0.2) is 0 Å². The summed E-state index contributed by atoms with van der Waals surface area (Å²) in [5.41, 5.74) is 2.57. The van der Waals surface area contributed by atoms with Crippen LogP contribution in [0.25, 0.3) is 0 Å². The number of phenolic OH excluding ortho intramolecular Hbond substituents is 2. The first kappa shape index (κ1) is 26.4. The second-order valence-electron chi connectivity index (χ2n) is 9.48. The molecular formula is C27H30N2O10. The number of aromatic hydroxyl groups is 2. The van der Waals surface area contributed by atoms with E-state index in [2.05, 4.69) is 11.9 Å². The lowest BCUT2D eigenvalue weighted by atomic mass is 9.83.